The van der Waals surface area contributed by atoms with Crippen molar-refractivity contribution in [2.24, 2.45) is 0 Å². The number of nitrogens with zero attached hydrogens (tertiary/aromatic N) is 1. The molecular weight excluding hydrogens is 286 g/mol. The van der Waals surface area contributed by atoms with Gasteiger partial charge in [0, 0.05) is 10.7 Å². The Morgan fingerprint density at radius 2 is 2.31 bits per heavy atom. The molecule has 1 rings (SSSR count). The first kappa shape index (κ1) is 12.8. The molecule has 0 radical (unpaired) electrons. The molecule has 0 fully saturated rings. The molecule has 88 valence electrons. The molecule has 1 aromatic heterocycles. The normalized spacial score (nSPS) is 10.6. The van der Waals surface area contributed by atoms with Crippen molar-refractivity contribution in [3.63, 3.8) is 0 Å². The van der Waals surface area contributed by atoms with E-state index in [9.17, 15) is 13.6 Å². The number of ether oxygens (including phenoxy) is 1. The third-order valence-corrected chi connectivity index (χ3v) is 2.65. The van der Waals surface area contributed by atoms with Crippen molar-refractivity contribution in [3.8, 4) is 0 Å². The zero-order chi connectivity index (χ0) is 12.3. The Morgan fingerprint density at radius 3 is 2.81 bits per heavy atom. The molecule has 0 amide bonds. The van der Waals surface area contributed by atoms with Gasteiger partial charge in [0.1, 0.15) is 5.82 Å². The van der Waals surface area contributed by atoms with Crippen LogP contribution >= 0.6 is 15.9 Å². The molecule has 0 aromatic carbocycles. The van der Waals surface area contributed by atoms with Gasteiger partial charge in [-0.1, -0.05) is 0 Å². The summed E-state index contributed by atoms with van der Waals surface area (Å²) in [5.41, 5.74) is 4.73. The summed E-state index contributed by atoms with van der Waals surface area (Å²) < 4.78 is 29.8. The molecule has 0 aliphatic carbocycles. The number of hydrogen-bond acceptors (Lipinski definition) is 4. The molecule has 0 bridgehead atoms. The summed E-state index contributed by atoms with van der Waals surface area (Å²) in [6, 6.07) is 0. The second-order valence-electron chi connectivity index (χ2n) is 2.81. The second-order valence-corrected chi connectivity index (χ2v) is 3.60. The van der Waals surface area contributed by atoms with E-state index in [2.05, 4.69) is 25.7 Å². The fraction of sp³-hybridized carbons (Fsp3) is 0.333. The average Bonchev–Trinajstić information content (AvgIpc) is 2.17. The maximum atomic E-state index is 12.6. The van der Waals surface area contributed by atoms with Crippen LogP contribution in [0.3, 0.4) is 0 Å². The third-order valence-electron chi connectivity index (χ3n) is 1.80. The van der Waals surface area contributed by atoms with Crippen molar-refractivity contribution in [1.82, 2.24) is 4.98 Å². The van der Waals surface area contributed by atoms with Gasteiger partial charge in [-0.15, -0.1) is 0 Å². The third kappa shape index (κ3) is 2.46. The van der Waals surface area contributed by atoms with Crippen molar-refractivity contribution in [2.75, 3.05) is 12.3 Å². The number of hydrogen-bond donors (Lipinski definition) is 1. The van der Waals surface area contributed by atoms with E-state index in [1.807, 2.05) is 0 Å². The van der Waals surface area contributed by atoms with Crippen molar-refractivity contribution < 1.29 is 18.3 Å². The summed E-state index contributed by atoms with van der Waals surface area (Å²) in [4.78, 5) is 14.9. The quantitative estimate of drug-likeness (QED) is 0.870. The van der Waals surface area contributed by atoms with Crippen molar-refractivity contribution in [1.29, 1.82) is 0 Å². The Labute approximate surface area is 98.9 Å². The predicted octanol–water partition coefficient (Wildman–Crippen LogP) is 2.54. The average molecular weight is 295 g/mol. The molecule has 16 heavy (non-hydrogen) atoms. The predicted molar refractivity (Wildman–Crippen MR) is 57.3 cm³/mol. The van der Waals surface area contributed by atoms with Crippen LogP contribution in [-0.4, -0.2) is 17.6 Å². The lowest BCUT2D eigenvalue weighted by atomic mass is 10.2. The molecule has 1 aromatic rings. The van der Waals surface area contributed by atoms with Crippen molar-refractivity contribution >= 4 is 27.7 Å². The van der Waals surface area contributed by atoms with E-state index in [0.29, 0.717) is 0 Å². The zero-order valence-corrected chi connectivity index (χ0v) is 9.92. The number of carbonyl (C=O) groups excluding carboxylic acids is 1. The van der Waals surface area contributed by atoms with Gasteiger partial charge in [-0.25, -0.2) is 18.6 Å². The number of aromatic nitrogens is 1. The van der Waals surface area contributed by atoms with Gasteiger partial charge in [-0.3, -0.25) is 0 Å². The first-order chi connectivity index (χ1) is 7.49. The van der Waals surface area contributed by atoms with Crippen LogP contribution in [0.1, 0.15) is 29.3 Å². The summed E-state index contributed by atoms with van der Waals surface area (Å²) in [6.45, 7) is 1.77. The van der Waals surface area contributed by atoms with E-state index in [1.165, 1.54) is 0 Å². The van der Waals surface area contributed by atoms with E-state index in [-0.39, 0.29) is 22.5 Å². The zero-order valence-electron chi connectivity index (χ0n) is 8.34. The highest BCUT2D eigenvalue weighted by Gasteiger charge is 2.22. The van der Waals surface area contributed by atoms with Gasteiger partial charge in [0.15, 0.2) is 0 Å². The Bertz CT molecular complexity index is 413. The SMILES string of the molecule is CCOC(=O)c1cnc(N)c(C(F)F)c1Br. The lowest BCUT2D eigenvalue weighted by molar-refractivity contribution is 0.0524. The Hall–Kier alpha value is -1.24. The van der Waals surface area contributed by atoms with E-state index >= 15 is 0 Å². The Kier molecular flexibility index (Phi) is 4.17. The van der Waals surface area contributed by atoms with Crippen molar-refractivity contribution in [3.05, 3.63) is 21.8 Å². The maximum absolute atomic E-state index is 12.6. The van der Waals surface area contributed by atoms with Gasteiger partial charge in [0.25, 0.3) is 6.43 Å². The lowest BCUT2D eigenvalue weighted by Gasteiger charge is -2.10. The minimum absolute atomic E-state index is 0.0636. The molecule has 4 nitrogen and oxygen atoms in total. The number of esters is 1. The highest BCUT2D eigenvalue weighted by Crippen LogP contribution is 2.33. The van der Waals surface area contributed by atoms with Crippen LogP contribution in [-0.2, 0) is 4.74 Å². The molecule has 0 aliphatic rings. The number of halogens is 3. The molecule has 7 heteroatoms. The minimum Gasteiger partial charge on any atom is -0.462 e. The smallest absolute Gasteiger partial charge is 0.340 e. The Morgan fingerprint density at radius 1 is 1.69 bits per heavy atom. The highest BCUT2D eigenvalue weighted by atomic mass is 79.9. The molecule has 0 saturated heterocycles. The molecule has 0 aliphatic heterocycles. The summed E-state index contributed by atoms with van der Waals surface area (Å²) in [7, 11) is 0. The second kappa shape index (κ2) is 5.20. The standard InChI is InChI=1S/C9H9BrF2N2O2/c1-2-16-9(15)4-3-14-8(13)5(6(4)10)7(11)12/h3,7H,2H2,1H3,(H2,13,14). The number of rotatable bonds is 3. The summed E-state index contributed by atoms with van der Waals surface area (Å²) in [5.74, 6) is -1.03. The molecule has 0 spiro atoms. The van der Waals surface area contributed by atoms with Crippen molar-refractivity contribution in [2.45, 2.75) is 13.3 Å². The highest BCUT2D eigenvalue weighted by molar-refractivity contribution is 9.10. The summed E-state index contributed by atoms with van der Waals surface area (Å²) in [6.07, 6.45) is -1.71. The molecule has 2 N–H and O–H groups in total. The Balaban J connectivity index is 3.23. The molecule has 0 saturated carbocycles. The van der Waals surface area contributed by atoms with Crippen LogP contribution in [0.2, 0.25) is 0 Å². The fourth-order valence-electron chi connectivity index (χ4n) is 1.08. The summed E-state index contributed by atoms with van der Waals surface area (Å²) in [5, 5.41) is 0. The topological polar surface area (TPSA) is 65.2 Å². The van der Waals surface area contributed by atoms with Crippen LogP contribution in [0.15, 0.2) is 10.7 Å². The first-order valence-electron chi connectivity index (χ1n) is 4.38. The molecule has 0 atom stereocenters. The number of nitrogen functional groups attached to an aromatic ring is 1. The van der Waals surface area contributed by atoms with Crippen LogP contribution in [0.4, 0.5) is 14.6 Å². The van der Waals surface area contributed by atoms with E-state index < -0.39 is 18.0 Å². The van der Waals surface area contributed by atoms with E-state index in [1.54, 1.807) is 6.92 Å². The van der Waals surface area contributed by atoms with Gasteiger partial charge >= 0.3 is 5.97 Å². The number of anilines is 1. The number of alkyl halides is 2. The van der Waals surface area contributed by atoms with Crippen LogP contribution in [0.25, 0.3) is 0 Å². The number of pyridine rings is 1. The van der Waals surface area contributed by atoms with Gasteiger partial charge in [-0.2, -0.15) is 0 Å². The van der Waals surface area contributed by atoms with E-state index in [0.717, 1.165) is 6.20 Å². The fourth-order valence-corrected chi connectivity index (χ4v) is 1.72. The van der Waals surface area contributed by atoms with E-state index in [4.69, 9.17) is 5.73 Å². The largest absolute Gasteiger partial charge is 0.462 e. The molecule has 1 heterocycles. The van der Waals surface area contributed by atoms with Crippen LogP contribution in [0.5, 0.6) is 0 Å². The summed E-state index contributed by atoms with van der Waals surface area (Å²) >= 11 is 2.90. The molecular formula is C9H9BrF2N2O2. The van der Waals surface area contributed by atoms with Gasteiger partial charge in [0.2, 0.25) is 0 Å². The first-order valence-corrected chi connectivity index (χ1v) is 5.17. The van der Waals surface area contributed by atoms with Gasteiger partial charge in [0.05, 0.1) is 17.7 Å². The number of nitrogens with two attached hydrogens (primary N) is 1. The minimum atomic E-state index is -2.81. The van der Waals surface area contributed by atoms with Gasteiger partial charge < -0.3 is 10.5 Å². The van der Waals surface area contributed by atoms with Gasteiger partial charge in [-0.05, 0) is 22.9 Å². The molecule has 0 unspecified atom stereocenters. The lowest BCUT2D eigenvalue weighted by Crippen LogP contribution is -2.10. The monoisotopic (exact) mass is 294 g/mol. The number of carbonyl (C=O) groups is 1. The van der Waals surface area contributed by atoms with Crippen LogP contribution in [0, 0.1) is 0 Å². The van der Waals surface area contributed by atoms with Crippen LogP contribution < -0.4 is 5.73 Å². The maximum Gasteiger partial charge on any atom is 0.340 e.